The Kier molecular flexibility index (Phi) is 4.77. The van der Waals surface area contributed by atoms with E-state index >= 15 is 0 Å². The number of halogens is 2. The van der Waals surface area contributed by atoms with Gasteiger partial charge < -0.3 is 5.11 Å². The highest BCUT2D eigenvalue weighted by Gasteiger charge is 2.31. The van der Waals surface area contributed by atoms with Crippen LogP contribution in [-0.4, -0.2) is 36.9 Å². The summed E-state index contributed by atoms with van der Waals surface area (Å²) in [5.74, 6) is -1.22. The van der Waals surface area contributed by atoms with Crippen LogP contribution in [0.15, 0.2) is 27.6 Å². The summed E-state index contributed by atoms with van der Waals surface area (Å²) in [4.78, 5) is 10.8. The molecule has 0 spiro atoms. The van der Waals surface area contributed by atoms with Crippen molar-refractivity contribution in [3.8, 4) is 0 Å². The van der Waals surface area contributed by atoms with E-state index in [0.29, 0.717) is 0 Å². The number of carboxylic acids is 1. The predicted molar refractivity (Wildman–Crippen MR) is 71.2 cm³/mol. The maximum Gasteiger partial charge on any atom is 0.321 e. The van der Waals surface area contributed by atoms with Crippen molar-refractivity contribution in [2.75, 3.05) is 7.05 Å². The third-order valence-electron chi connectivity index (χ3n) is 2.48. The minimum atomic E-state index is -3.92. The molecular formula is C10H11BrClNO4S. The minimum Gasteiger partial charge on any atom is -0.480 e. The van der Waals surface area contributed by atoms with Gasteiger partial charge in [0.15, 0.2) is 0 Å². The van der Waals surface area contributed by atoms with Crippen LogP contribution in [0, 0.1) is 0 Å². The molecule has 100 valence electrons. The van der Waals surface area contributed by atoms with Crippen LogP contribution in [0.2, 0.25) is 5.02 Å². The molecule has 0 aliphatic carbocycles. The van der Waals surface area contributed by atoms with E-state index in [-0.39, 0.29) is 14.4 Å². The first kappa shape index (κ1) is 15.4. The summed E-state index contributed by atoms with van der Waals surface area (Å²) in [6.07, 6.45) is 0. The van der Waals surface area contributed by atoms with Crippen molar-refractivity contribution in [1.29, 1.82) is 0 Å². The second kappa shape index (κ2) is 5.56. The molecule has 0 bridgehead atoms. The van der Waals surface area contributed by atoms with Crippen molar-refractivity contribution in [3.63, 3.8) is 0 Å². The first-order valence-corrected chi connectivity index (χ1v) is 7.45. The van der Waals surface area contributed by atoms with E-state index in [1.807, 2.05) is 0 Å². The Morgan fingerprint density at radius 3 is 2.56 bits per heavy atom. The highest BCUT2D eigenvalue weighted by atomic mass is 79.9. The first-order valence-electron chi connectivity index (χ1n) is 4.84. The lowest BCUT2D eigenvalue weighted by Crippen LogP contribution is -2.40. The van der Waals surface area contributed by atoms with Crippen molar-refractivity contribution in [3.05, 3.63) is 27.7 Å². The number of carbonyl (C=O) groups is 1. The van der Waals surface area contributed by atoms with Crippen LogP contribution >= 0.6 is 27.5 Å². The van der Waals surface area contributed by atoms with Crippen molar-refractivity contribution in [1.82, 2.24) is 4.31 Å². The van der Waals surface area contributed by atoms with Gasteiger partial charge in [0, 0.05) is 7.05 Å². The lowest BCUT2D eigenvalue weighted by molar-refractivity contribution is -0.140. The summed E-state index contributed by atoms with van der Waals surface area (Å²) >= 11 is 8.91. The number of aliphatic carboxylic acids is 1. The molecule has 0 heterocycles. The van der Waals surface area contributed by atoms with Gasteiger partial charge in [0.25, 0.3) is 0 Å². The predicted octanol–water partition coefficient (Wildman–Crippen LogP) is 2.20. The zero-order valence-electron chi connectivity index (χ0n) is 9.59. The highest BCUT2D eigenvalue weighted by Crippen LogP contribution is 2.31. The molecule has 0 radical (unpaired) electrons. The Bertz CT molecular complexity index is 575. The summed E-state index contributed by atoms with van der Waals surface area (Å²) in [5.41, 5.74) is 0. The number of benzene rings is 1. The molecule has 0 saturated heterocycles. The summed E-state index contributed by atoms with van der Waals surface area (Å²) in [5, 5.41) is 9.09. The molecule has 8 heteroatoms. The maximum absolute atomic E-state index is 12.2. The fraction of sp³-hybridized carbons (Fsp3) is 0.300. The van der Waals surface area contributed by atoms with Gasteiger partial charge in [0.1, 0.15) is 6.04 Å². The van der Waals surface area contributed by atoms with Gasteiger partial charge in [-0.2, -0.15) is 4.31 Å². The van der Waals surface area contributed by atoms with E-state index in [9.17, 15) is 13.2 Å². The van der Waals surface area contributed by atoms with Gasteiger partial charge in [0.2, 0.25) is 10.0 Å². The average Bonchev–Trinajstić information content (AvgIpc) is 2.30. The van der Waals surface area contributed by atoms with Crippen molar-refractivity contribution >= 4 is 43.5 Å². The second-order valence-electron chi connectivity index (χ2n) is 3.59. The van der Waals surface area contributed by atoms with Gasteiger partial charge in [-0.15, -0.1) is 0 Å². The van der Waals surface area contributed by atoms with Gasteiger partial charge in [0.05, 0.1) is 14.4 Å². The molecule has 0 aromatic heterocycles. The Labute approximate surface area is 119 Å². The molecule has 5 nitrogen and oxygen atoms in total. The van der Waals surface area contributed by atoms with E-state index in [2.05, 4.69) is 15.9 Å². The van der Waals surface area contributed by atoms with Crippen LogP contribution in [-0.2, 0) is 14.8 Å². The van der Waals surface area contributed by atoms with E-state index < -0.39 is 22.0 Å². The summed E-state index contributed by atoms with van der Waals surface area (Å²) in [6, 6.07) is 3.21. The molecule has 0 amide bonds. The molecule has 0 saturated carbocycles. The zero-order chi connectivity index (χ0) is 14.1. The van der Waals surface area contributed by atoms with Crippen molar-refractivity contribution in [2.24, 2.45) is 0 Å². The number of likely N-dealkylation sites (N-methyl/N-ethyl adjacent to an activating group) is 1. The normalized spacial score (nSPS) is 13.6. The van der Waals surface area contributed by atoms with Gasteiger partial charge in [-0.25, -0.2) is 8.42 Å². The van der Waals surface area contributed by atoms with E-state index in [4.69, 9.17) is 16.7 Å². The van der Waals surface area contributed by atoms with Crippen LogP contribution in [0.3, 0.4) is 0 Å². The zero-order valence-corrected chi connectivity index (χ0v) is 12.8. The second-order valence-corrected chi connectivity index (χ2v) is 6.75. The van der Waals surface area contributed by atoms with E-state index in [1.54, 1.807) is 0 Å². The molecule has 1 aromatic carbocycles. The molecule has 1 atom stereocenters. The van der Waals surface area contributed by atoms with Crippen LogP contribution in [0.1, 0.15) is 6.92 Å². The van der Waals surface area contributed by atoms with Gasteiger partial charge in [-0.3, -0.25) is 4.79 Å². The smallest absolute Gasteiger partial charge is 0.321 e. The van der Waals surface area contributed by atoms with Crippen molar-refractivity contribution < 1.29 is 18.3 Å². The third kappa shape index (κ3) is 2.85. The van der Waals surface area contributed by atoms with Crippen LogP contribution < -0.4 is 0 Å². The number of carboxylic acid groups (broad SMARTS) is 1. The molecular weight excluding hydrogens is 346 g/mol. The SMILES string of the molecule is CC(C(=O)O)N(C)S(=O)(=O)c1cccc(Cl)c1Br. The molecule has 1 rings (SSSR count). The number of rotatable bonds is 4. The third-order valence-corrected chi connectivity index (χ3v) is 6.11. The van der Waals surface area contributed by atoms with Crippen molar-refractivity contribution in [2.45, 2.75) is 17.9 Å². The Hall–Kier alpha value is -0.630. The molecule has 1 unspecified atom stereocenters. The van der Waals surface area contributed by atoms with Gasteiger partial charge in [-0.05, 0) is 35.0 Å². The molecule has 0 aliphatic rings. The first-order chi connectivity index (χ1) is 8.19. The van der Waals surface area contributed by atoms with E-state index in [1.165, 1.54) is 32.2 Å². The molecule has 1 N–H and O–H groups in total. The molecule has 0 fully saturated rings. The molecule has 0 aliphatic heterocycles. The quantitative estimate of drug-likeness (QED) is 0.897. The summed E-state index contributed by atoms with van der Waals surface area (Å²) in [6.45, 7) is 1.29. The van der Waals surface area contributed by atoms with Crippen LogP contribution in [0.25, 0.3) is 0 Å². The lowest BCUT2D eigenvalue weighted by atomic mass is 10.4. The molecule has 1 aromatic rings. The van der Waals surface area contributed by atoms with Crippen LogP contribution in [0.5, 0.6) is 0 Å². The average molecular weight is 357 g/mol. The summed E-state index contributed by atoms with van der Waals surface area (Å²) < 4.78 is 25.5. The van der Waals surface area contributed by atoms with Crippen LogP contribution in [0.4, 0.5) is 0 Å². The standard InChI is InChI=1S/C10H11BrClNO4S/c1-6(10(14)15)13(2)18(16,17)8-5-3-4-7(12)9(8)11/h3-6H,1-2H3,(H,14,15). The minimum absolute atomic E-state index is 0.0643. The fourth-order valence-electron chi connectivity index (χ4n) is 1.20. The highest BCUT2D eigenvalue weighted by molar-refractivity contribution is 9.10. The number of nitrogens with zero attached hydrogens (tertiary/aromatic N) is 1. The fourth-order valence-corrected chi connectivity index (χ4v) is 3.71. The topological polar surface area (TPSA) is 74.7 Å². The Morgan fingerprint density at radius 2 is 2.06 bits per heavy atom. The summed E-state index contributed by atoms with van der Waals surface area (Å²) in [7, 11) is -2.71. The number of hydrogen-bond donors (Lipinski definition) is 1. The largest absolute Gasteiger partial charge is 0.480 e. The van der Waals surface area contributed by atoms with Gasteiger partial charge in [-0.1, -0.05) is 17.7 Å². The van der Waals surface area contributed by atoms with E-state index in [0.717, 1.165) is 4.31 Å². The lowest BCUT2D eigenvalue weighted by Gasteiger charge is -2.21. The monoisotopic (exact) mass is 355 g/mol. The van der Waals surface area contributed by atoms with Gasteiger partial charge >= 0.3 is 5.97 Å². The molecule has 18 heavy (non-hydrogen) atoms. The number of sulfonamides is 1. The maximum atomic E-state index is 12.2. The Morgan fingerprint density at radius 1 is 1.50 bits per heavy atom. The number of hydrogen-bond acceptors (Lipinski definition) is 3. The Balaban J connectivity index is 3.30.